The molecule has 0 unspecified atom stereocenters. The van der Waals surface area contributed by atoms with E-state index in [1.165, 1.54) is 24.1 Å². The van der Waals surface area contributed by atoms with Crippen LogP contribution < -0.4 is 0 Å². The molecule has 15 heavy (non-hydrogen) atoms. The van der Waals surface area contributed by atoms with Gasteiger partial charge in [-0.25, -0.2) is 0 Å². The third-order valence-corrected chi connectivity index (χ3v) is 3.75. The molecule has 1 fully saturated rings. The Morgan fingerprint density at radius 2 is 2.07 bits per heavy atom. The molecular formula is C12H12BrNO. The van der Waals surface area contributed by atoms with Crippen LogP contribution in [0.1, 0.15) is 30.9 Å². The highest BCUT2D eigenvalue weighted by atomic mass is 79.9. The summed E-state index contributed by atoms with van der Waals surface area (Å²) in [4.78, 5) is 5.52. The van der Waals surface area contributed by atoms with Crippen LogP contribution in [0.25, 0.3) is 0 Å². The van der Waals surface area contributed by atoms with Gasteiger partial charge in [-0.3, -0.25) is 0 Å². The fourth-order valence-electron chi connectivity index (χ4n) is 2.44. The minimum absolute atomic E-state index is 0.163. The van der Waals surface area contributed by atoms with Gasteiger partial charge in [-0.2, -0.15) is 0 Å². The van der Waals surface area contributed by atoms with Gasteiger partial charge >= 0.3 is 0 Å². The lowest BCUT2D eigenvalue weighted by atomic mass is 9.94. The van der Waals surface area contributed by atoms with E-state index in [0.29, 0.717) is 5.92 Å². The lowest BCUT2D eigenvalue weighted by Gasteiger charge is -2.14. The average molecular weight is 266 g/mol. The molecule has 1 aromatic rings. The van der Waals surface area contributed by atoms with Gasteiger partial charge in [0.1, 0.15) is 0 Å². The van der Waals surface area contributed by atoms with Crippen molar-refractivity contribution in [2.45, 2.75) is 25.4 Å². The molecule has 0 saturated heterocycles. The number of halogens is 1. The van der Waals surface area contributed by atoms with Crippen molar-refractivity contribution < 1.29 is 4.84 Å². The minimum atomic E-state index is 0.163. The first-order chi connectivity index (χ1) is 7.34. The number of hydrogen-bond acceptors (Lipinski definition) is 2. The van der Waals surface area contributed by atoms with Gasteiger partial charge in [0.15, 0.2) is 6.10 Å². The van der Waals surface area contributed by atoms with Crippen molar-refractivity contribution in [1.82, 2.24) is 0 Å². The Morgan fingerprint density at radius 1 is 1.27 bits per heavy atom. The maximum absolute atomic E-state index is 5.52. The zero-order valence-corrected chi connectivity index (χ0v) is 9.90. The fraction of sp³-hybridized carbons (Fsp3) is 0.417. The molecule has 78 valence electrons. The summed E-state index contributed by atoms with van der Waals surface area (Å²) in [5.41, 5.74) is 2.51. The number of nitrogens with zero attached hydrogens (tertiary/aromatic N) is 1. The molecule has 2 aliphatic rings. The second kappa shape index (κ2) is 3.63. The molecule has 0 spiro atoms. The third-order valence-electron chi connectivity index (χ3n) is 3.22. The van der Waals surface area contributed by atoms with E-state index in [9.17, 15) is 0 Å². The van der Waals surface area contributed by atoms with Gasteiger partial charge in [0.25, 0.3) is 0 Å². The van der Waals surface area contributed by atoms with E-state index in [1.54, 1.807) is 0 Å². The predicted octanol–water partition coefficient (Wildman–Crippen LogP) is 3.68. The maximum atomic E-state index is 5.52. The van der Waals surface area contributed by atoms with Crippen molar-refractivity contribution in [3.05, 3.63) is 34.3 Å². The smallest absolute Gasteiger partial charge is 0.160 e. The van der Waals surface area contributed by atoms with E-state index in [4.69, 9.17) is 4.84 Å². The average Bonchev–Trinajstić information content (AvgIpc) is 2.80. The molecule has 1 aliphatic heterocycles. The van der Waals surface area contributed by atoms with Gasteiger partial charge in [-0.1, -0.05) is 33.2 Å². The summed E-state index contributed by atoms with van der Waals surface area (Å²) in [6, 6.07) is 8.36. The van der Waals surface area contributed by atoms with E-state index in [1.807, 2.05) is 0 Å². The lowest BCUT2D eigenvalue weighted by molar-refractivity contribution is 0.0593. The van der Waals surface area contributed by atoms with Gasteiger partial charge in [0.2, 0.25) is 0 Å². The molecule has 3 heteroatoms. The number of hydrogen-bond donors (Lipinski definition) is 0. The molecule has 2 atom stereocenters. The van der Waals surface area contributed by atoms with Crippen molar-refractivity contribution in [1.29, 1.82) is 0 Å². The minimum Gasteiger partial charge on any atom is -0.387 e. The monoisotopic (exact) mass is 265 g/mol. The van der Waals surface area contributed by atoms with E-state index >= 15 is 0 Å². The summed E-state index contributed by atoms with van der Waals surface area (Å²) >= 11 is 3.44. The Kier molecular flexibility index (Phi) is 2.28. The van der Waals surface area contributed by atoms with Gasteiger partial charge in [0, 0.05) is 10.4 Å². The molecule has 0 N–H and O–H groups in total. The summed E-state index contributed by atoms with van der Waals surface area (Å²) in [6.07, 6.45) is 3.77. The van der Waals surface area contributed by atoms with E-state index < -0.39 is 0 Å². The molecule has 0 amide bonds. The summed E-state index contributed by atoms with van der Waals surface area (Å²) in [5.74, 6) is 0.533. The van der Waals surface area contributed by atoms with E-state index in [2.05, 4.69) is 45.4 Å². The SMILES string of the molecule is Brc1ccc([C@H]2ON=C3CCC[C@@H]32)cc1. The highest BCUT2D eigenvalue weighted by Crippen LogP contribution is 2.41. The van der Waals surface area contributed by atoms with Crippen LogP contribution in [-0.4, -0.2) is 5.71 Å². The van der Waals surface area contributed by atoms with E-state index in [-0.39, 0.29) is 6.10 Å². The Morgan fingerprint density at radius 3 is 2.87 bits per heavy atom. The zero-order valence-electron chi connectivity index (χ0n) is 8.32. The Bertz CT molecular complexity index is 399. The molecule has 0 aromatic heterocycles. The van der Waals surface area contributed by atoms with Gasteiger partial charge in [0.05, 0.1) is 5.71 Å². The Balaban J connectivity index is 1.87. The summed E-state index contributed by atoms with van der Waals surface area (Å²) in [5, 5.41) is 4.18. The highest BCUT2D eigenvalue weighted by Gasteiger charge is 2.38. The maximum Gasteiger partial charge on any atom is 0.160 e. The number of oxime groups is 1. The molecule has 1 heterocycles. The molecule has 3 rings (SSSR count). The molecule has 1 aliphatic carbocycles. The number of rotatable bonds is 1. The second-order valence-corrected chi connectivity index (χ2v) is 5.07. The summed E-state index contributed by atoms with van der Waals surface area (Å²) < 4.78 is 1.11. The highest BCUT2D eigenvalue weighted by molar-refractivity contribution is 9.10. The van der Waals surface area contributed by atoms with Crippen molar-refractivity contribution in [3.63, 3.8) is 0 Å². The quantitative estimate of drug-likeness (QED) is 0.759. The topological polar surface area (TPSA) is 21.6 Å². The molecular weight excluding hydrogens is 254 g/mol. The number of benzene rings is 1. The molecule has 0 bridgehead atoms. The van der Waals surface area contributed by atoms with Crippen LogP contribution in [0.4, 0.5) is 0 Å². The van der Waals surface area contributed by atoms with Gasteiger partial charge < -0.3 is 4.84 Å². The summed E-state index contributed by atoms with van der Waals surface area (Å²) in [7, 11) is 0. The van der Waals surface area contributed by atoms with Crippen LogP contribution >= 0.6 is 15.9 Å². The molecule has 1 aromatic carbocycles. The van der Waals surface area contributed by atoms with Crippen LogP contribution in [0.3, 0.4) is 0 Å². The Hall–Kier alpha value is -0.830. The molecule has 2 nitrogen and oxygen atoms in total. The van der Waals surface area contributed by atoms with Crippen LogP contribution in [0.15, 0.2) is 33.9 Å². The van der Waals surface area contributed by atoms with Crippen molar-refractivity contribution in [2.75, 3.05) is 0 Å². The largest absolute Gasteiger partial charge is 0.387 e. The second-order valence-electron chi connectivity index (χ2n) is 4.16. The van der Waals surface area contributed by atoms with Crippen LogP contribution in [0.5, 0.6) is 0 Å². The fourth-order valence-corrected chi connectivity index (χ4v) is 2.70. The van der Waals surface area contributed by atoms with Gasteiger partial charge in [-0.05, 0) is 37.0 Å². The van der Waals surface area contributed by atoms with E-state index in [0.717, 1.165) is 10.9 Å². The normalized spacial score (nSPS) is 28.5. The first kappa shape index (κ1) is 9.40. The predicted molar refractivity (Wildman–Crippen MR) is 62.7 cm³/mol. The third kappa shape index (κ3) is 1.59. The standard InChI is InChI=1S/C12H12BrNO/c13-9-6-4-8(5-7-9)12-10-2-1-3-11(10)14-15-12/h4-7,10,12H,1-3H2/t10-,12+/m0/s1. The number of fused-ring (bicyclic) bond motifs is 1. The first-order valence-corrected chi connectivity index (χ1v) is 6.12. The van der Waals surface area contributed by atoms with Crippen LogP contribution in [0, 0.1) is 5.92 Å². The molecule has 0 radical (unpaired) electrons. The zero-order chi connectivity index (χ0) is 10.3. The van der Waals surface area contributed by atoms with Crippen molar-refractivity contribution in [2.24, 2.45) is 11.1 Å². The summed E-state index contributed by atoms with van der Waals surface area (Å²) in [6.45, 7) is 0. The van der Waals surface area contributed by atoms with Crippen LogP contribution in [-0.2, 0) is 4.84 Å². The Labute approximate surface area is 97.4 Å². The van der Waals surface area contributed by atoms with Crippen LogP contribution in [0.2, 0.25) is 0 Å². The van der Waals surface area contributed by atoms with Crippen molar-refractivity contribution >= 4 is 21.6 Å². The van der Waals surface area contributed by atoms with Crippen molar-refractivity contribution in [3.8, 4) is 0 Å². The van der Waals surface area contributed by atoms with Gasteiger partial charge in [-0.15, -0.1) is 0 Å². The first-order valence-electron chi connectivity index (χ1n) is 5.32. The molecule has 1 saturated carbocycles. The lowest BCUT2D eigenvalue weighted by Crippen LogP contribution is -2.11.